The van der Waals surface area contributed by atoms with Gasteiger partial charge in [0.25, 0.3) is 0 Å². The summed E-state index contributed by atoms with van der Waals surface area (Å²) < 4.78 is 0. The predicted octanol–water partition coefficient (Wildman–Crippen LogP) is 8.49. The molecule has 200 valence electrons. The van der Waals surface area contributed by atoms with Crippen LogP contribution in [-0.4, -0.2) is 11.7 Å². The Balaban J connectivity index is 1.20. The average molecular weight is 541 g/mol. The molecule has 0 fully saturated rings. The summed E-state index contributed by atoms with van der Waals surface area (Å²) in [6, 6.07) is 44.5. The van der Waals surface area contributed by atoms with Crippen LogP contribution in [0.3, 0.4) is 0 Å². The second-order valence-corrected chi connectivity index (χ2v) is 10.6. The number of hydrogen-bond acceptors (Lipinski definition) is 4. The van der Waals surface area contributed by atoms with Gasteiger partial charge in [-0.2, -0.15) is 5.26 Å². The maximum atomic E-state index is 9.19. The van der Waals surface area contributed by atoms with E-state index in [-0.39, 0.29) is 12.1 Å². The Morgan fingerprint density at radius 3 is 2.05 bits per heavy atom. The SMILES string of the molecule is N#CC1C=CC(c2ccc3ccc(-c4ccc(C5=NC(c6ccccc6)NC(c6ccccc6)=N5)cc4)cc3c2)=CC1. The van der Waals surface area contributed by atoms with Crippen molar-refractivity contribution < 1.29 is 0 Å². The summed E-state index contributed by atoms with van der Waals surface area (Å²) in [5.41, 5.74) is 7.74. The molecule has 2 aliphatic rings. The van der Waals surface area contributed by atoms with Crippen LogP contribution in [0.25, 0.3) is 27.5 Å². The Labute approximate surface area is 245 Å². The van der Waals surface area contributed by atoms with Gasteiger partial charge in [0.05, 0.1) is 12.0 Å². The van der Waals surface area contributed by atoms with Gasteiger partial charge in [0, 0.05) is 11.1 Å². The highest BCUT2D eigenvalue weighted by Gasteiger charge is 2.20. The number of fused-ring (bicyclic) bond motifs is 1. The molecule has 0 bridgehead atoms. The van der Waals surface area contributed by atoms with Crippen molar-refractivity contribution in [1.29, 1.82) is 5.26 Å². The highest BCUT2D eigenvalue weighted by atomic mass is 15.2. The van der Waals surface area contributed by atoms with Crippen molar-refractivity contribution in [3.8, 4) is 17.2 Å². The quantitative estimate of drug-likeness (QED) is 0.243. The van der Waals surface area contributed by atoms with Crippen molar-refractivity contribution in [2.24, 2.45) is 15.9 Å². The van der Waals surface area contributed by atoms with Crippen LogP contribution in [0.2, 0.25) is 0 Å². The molecule has 2 atom stereocenters. The number of nitrogens with zero attached hydrogens (tertiary/aromatic N) is 3. The van der Waals surface area contributed by atoms with E-state index in [2.05, 4.69) is 108 Å². The van der Waals surface area contributed by atoms with E-state index in [0.717, 1.165) is 40.1 Å². The standard InChI is InChI=1S/C38H28N4/c39-25-26-11-13-27(14-12-26)33-21-17-29-18-22-34(24-35(29)23-33)28-15-19-32(20-16-28)38-41-36(30-7-3-1-4-8-30)40-37(42-38)31-9-5-2-6-10-31/h1-11,13-24,26,36H,12H2,(H,40,41,42). The van der Waals surface area contributed by atoms with E-state index in [1.54, 1.807) is 0 Å². The van der Waals surface area contributed by atoms with Gasteiger partial charge in [0.15, 0.2) is 5.84 Å². The number of benzene rings is 5. The highest BCUT2D eigenvalue weighted by Crippen LogP contribution is 2.30. The van der Waals surface area contributed by atoms with E-state index in [1.807, 2.05) is 42.5 Å². The van der Waals surface area contributed by atoms with Crippen LogP contribution >= 0.6 is 0 Å². The fourth-order valence-electron chi connectivity index (χ4n) is 5.48. The Hall–Kier alpha value is -5.53. The van der Waals surface area contributed by atoms with E-state index >= 15 is 0 Å². The first kappa shape index (κ1) is 25.4. The minimum Gasteiger partial charge on any atom is -0.344 e. The lowest BCUT2D eigenvalue weighted by Crippen LogP contribution is -2.33. The van der Waals surface area contributed by atoms with E-state index in [4.69, 9.17) is 9.98 Å². The normalized spacial score (nSPS) is 17.9. The average Bonchev–Trinajstić information content (AvgIpc) is 3.08. The number of allylic oxidation sites excluding steroid dienone is 4. The first-order chi connectivity index (χ1) is 20.7. The summed E-state index contributed by atoms with van der Waals surface area (Å²) in [5, 5.41) is 15.1. The molecule has 0 amide bonds. The summed E-state index contributed by atoms with van der Waals surface area (Å²) in [4.78, 5) is 9.93. The lowest BCUT2D eigenvalue weighted by Gasteiger charge is -2.23. The van der Waals surface area contributed by atoms with E-state index in [0.29, 0.717) is 5.84 Å². The van der Waals surface area contributed by atoms with E-state index in [1.165, 1.54) is 21.9 Å². The number of hydrogen-bond donors (Lipinski definition) is 1. The Kier molecular flexibility index (Phi) is 6.76. The molecule has 1 aliphatic carbocycles. The summed E-state index contributed by atoms with van der Waals surface area (Å²) in [5.74, 6) is 1.50. The van der Waals surface area contributed by atoms with E-state index in [9.17, 15) is 5.26 Å². The highest BCUT2D eigenvalue weighted by molar-refractivity contribution is 6.13. The second-order valence-electron chi connectivity index (χ2n) is 10.6. The molecule has 5 aromatic rings. The minimum atomic E-state index is -0.219. The molecular formula is C38H28N4. The number of nitriles is 1. The first-order valence-corrected chi connectivity index (χ1v) is 14.2. The van der Waals surface area contributed by atoms with Crippen molar-refractivity contribution >= 4 is 28.0 Å². The van der Waals surface area contributed by atoms with Gasteiger partial charge in [-0.15, -0.1) is 0 Å². The monoisotopic (exact) mass is 540 g/mol. The van der Waals surface area contributed by atoms with Gasteiger partial charge in [-0.3, -0.25) is 0 Å². The van der Waals surface area contributed by atoms with Gasteiger partial charge in [0.1, 0.15) is 12.0 Å². The Morgan fingerprint density at radius 1 is 0.667 bits per heavy atom. The summed E-state index contributed by atoms with van der Waals surface area (Å²) in [7, 11) is 0. The van der Waals surface area contributed by atoms with Crippen LogP contribution in [0.5, 0.6) is 0 Å². The molecule has 4 heteroatoms. The first-order valence-electron chi connectivity index (χ1n) is 14.2. The zero-order valence-electron chi connectivity index (χ0n) is 23.0. The van der Waals surface area contributed by atoms with Gasteiger partial charge < -0.3 is 5.32 Å². The molecule has 7 rings (SSSR count). The number of nitrogens with one attached hydrogen (secondary N) is 1. The minimum absolute atomic E-state index is 0.0283. The van der Waals surface area contributed by atoms with Gasteiger partial charge in [-0.25, -0.2) is 9.98 Å². The largest absolute Gasteiger partial charge is 0.344 e. The van der Waals surface area contributed by atoms with Crippen molar-refractivity contribution in [2.75, 3.05) is 0 Å². The summed E-state index contributed by atoms with van der Waals surface area (Å²) >= 11 is 0. The molecular weight excluding hydrogens is 512 g/mol. The molecule has 0 saturated carbocycles. The van der Waals surface area contributed by atoms with Crippen molar-refractivity contribution in [3.63, 3.8) is 0 Å². The zero-order valence-corrected chi connectivity index (χ0v) is 23.0. The molecule has 2 unspecified atom stereocenters. The smallest absolute Gasteiger partial charge is 0.159 e. The fraction of sp³-hybridized carbons (Fsp3) is 0.0789. The maximum absolute atomic E-state index is 9.19. The molecule has 0 spiro atoms. The summed E-state index contributed by atoms with van der Waals surface area (Å²) in [6.45, 7) is 0. The van der Waals surface area contributed by atoms with E-state index < -0.39 is 0 Å². The molecule has 5 aromatic carbocycles. The Morgan fingerprint density at radius 2 is 1.33 bits per heavy atom. The second kappa shape index (κ2) is 11.2. The van der Waals surface area contributed by atoms with Crippen LogP contribution in [0.1, 0.15) is 34.8 Å². The molecule has 0 aromatic heterocycles. The molecule has 0 radical (unpaired) electrons. The van der Waals surface area contributed by atoms with Crippen molar-refractivity contribution in [3.05, 3.63) is 162 Å². The third-order valence-corrected chi connectivity index (χ3v) is 7.82. The van der Waals surface area contributed by atoms with Gasteiger partial charge >= 0.3 is 0 Å². The van der Waals surface area contributed by atoms with Crippen LogP contribution < -0.4 is 5.32 Å². The number of aliphatic imine (C=N–C) groups is 2. The summed E-state index contributed by atoms with van der Waals surface area (Å²) in [6.07, 6.45) is 6.77. The van der Waals surface area contributed by atoms with Gasteiger partial charge in [-0.05, 0) is 57.2 Å². The lowest BCUT2D eigenvalue weighted by molar-refractivity contribution is 0.674. The molecule has 0 saturated heterocycles. The van der Waals surface area contributed by atoms with Crippen molar-refractivity contribution in [2.45, 2.75) is 12.6 Å². The maximum Gasteiger partial charge on any atom is 0.159 e. The van der Waals surface area contributed by atoms with Crippen LogP contribution in [0.4, 0.5) is 0 Å². The third-order valence-electron chi connectivity index (χ3n) is 7.82. The predicted molar refractivity (Wildman–Crippen MR) is 172 cm³/mol. The topological polar surface area (TPSA) is 60.5 Å². The van der Waals surface area contributed by atoms with Crippen LogP contribution in [0, 0.1) is 17.2 Å². The molecule has 42 heavy (non-hydrogen) atoms. The molecule has 1 heterocycles. The third kappa shape index (κ3) is 5.16. The molecule has 1 aliphatic heterocycles. The Bertz CT molecular complexity index is 1930. The van der Waals surface area contributed by atoms with Crippen LogP contribution in [0.15, 0.2) is 150 Å². The van der Waals surface area contributed by atoms with Crippen molar-refractivity contribution in [1.82, 2.24) is 5.32 Å². The number of amidine groups is 2. The lowest BCUT2D eigenvalue weighted by atomic mass is 9.92. The fourth-order valence-corrected chi connectivity index (χ4v) is 5.48. The molecule has 1 N–H and O–H groups in total. The van der Waals surface area contributed by atoms with Crippen LogP contribution in [-0.2, 0) is 0 Å². The number of rotatable bonds is 5. The van der Waals surface area contributed by atoms with Gasteiger partial charge in [0.2, 0.25) is 0 Å². The van der Waals surface area contributed by atoms with Gasteiger partial charge in [-0.1, -0.05) is 127 Å². The molecule has 4 nitrogen and oxygen atoms in total. The zero-order chi connectivity index (χ0) is 28.3.